The fourth-order valence-electron chi connectivity index (χ4n) is 2.61. The summed E-state index contributed by atoms with van der Waals surface area (Å²) in [6.07, 6.45) is -3.11. The monoisotopic (exact) mass is 384 g/mol. The lowest BCUT2D eigenvalue weighted by Crippen LogP contribution is -2.49. The minimum absolute atomic E-state index is 0.114. The first-order valence-corrected chi connectivity index (χ1v) is 9.73. The van der Waals surface area contributed by atoms with E-state index < -0.39 is 21.8 Å². The molecule has 24 heavy (non-hydrogen) atoms. The van der Waals surface area contributed by atoms with Crippen LogP contribution in [0.3, 0.4) is 0 Å². The standard InChI is InChI=1S/C15H20ClF3N2O2S/c1-2-3-10-24(22,23)21-8-6-20(7-9-21)12-4-5-14(16)13(11-12)15(17,18)19/h4-5,11H,2-3,6-10H2,1H3. The molecule has 0 atom stereocenters. The molecule has 0 radical (unpaired) electrons. The van der Waals surface area contributed by atoms with Gasteiger partial charge in [0.1, 0.15) is 0 Å². The second-order valence-electron chi connectivity index (χ2n) is 5.72. The molecule has 0 aromatic heterocycles. The molecule has 0 spiro atoms. The van der Waals surface area contributed by atoms with Crippen molar-refractivity contribution in [1.82, 2.24) is 4.31 Å². The van der Waals surface area contributed by atoms with Gasteiger partial charge in [-0.25, -0.2) is 8.42 Å². The zero-order chi connectivity index (χ0) is 18.0. The molecule has 0 aliphatic carbocycles. The summed E-state index contributed by atoms with van der Waals surface area (Å²) in [4.78, 5) is 1.75. The van der Waals surface area contributed by atoms with Gasteiger partial charge < -0.3 is 4.90 Å². The average Bonchev–Trinajstić information content (AvgIpc) is 2.52. The predicted octanol–water partition coefficient (Wildman–Crippen LogP) is 3.61. The molecule has 1 saturated heterocycles. The Morgan fingerprint density at radius 3 is 2.33 bits per heavy atom. The van der Waals surface area contributed by atoms with Gasteiger partial charge in [-0.1, -0.05) is 24.9 Å². The van der Waals surface area contributed by atoms with E-state index in [2.05, 4.69) is 0 Å². The third-order valence-electron chi connectivity index (χ3n) is 4.01. The quantitative estimate of drug-likeness (QED) is 0.778. The number of halogens is 4. The number of benzene rings is 1. The molecule has 1 fully saturated rings. The van der Waals surface area contributed by atoms with Gasteiger partial charge in [0, 0.05) is 31.9 Å². The van der Waals surface area contributed by atoms with Crippen molar-refractivity contribution in [2.24, 2.45) is 0 Å². The van der Waals surface area contributed by atoms with E-state index in [1.54, 1.807) is 4.90 Å². The van der Waals surface area contributed by atoms with E-state index in [-0.39, 0.29) is 23.9 Å². The Morgan fingerprint density at radius 1 is 1.17 bits per heavy atom. The van der Waals surface area contributed by atoms with Crippen molar-refractivity contribution in [2.45, 2.75) is 25.9 Å². The van der Waals surface area contributed by atoms with E-state index >= 15 is 0 Å². The van der Waals surface area contributed by atoms with E-state index in [1.807, 2.05) is 6.92 Å². The van der Waals surface area contributed by atoms with Crippen molar-refractivity contribution in [1.29, 1.82) is 0 Å². The van der Waals surface area contributed by atoms with E-state index in [0.717, 1.165) is 12.5 Å². The lowest BCUT2D eigenvalue weighted by atomic mass is 10.1. The summed E-state index contributed by atoms with van der Waals surface area (Å²) in [6, 6.07) is 3.77. The first kappa shape index (κ1) is 19.3. The Kier molecular flexibility index (Phi) is 6.04. The summed E-state index contributed by atoms with van der Waals surface area (Å²) in [5.41, 5.74) is -0.475. The Morgan fingerprint density at radius 2 is 1.79 bits per heavy atom. The molecule has 9 heteroatoms. The lowest BCUT2D eigenvalue weighted by molar-refractivity contribution is -0.137. The maximum absolute atomic E-state index is 12.9. The zero-order valence-electron chi connectivity index (χ0n) is 13.3. The van der Waals surface area contributed by atoms with Crippen molar-refractivity contribution in [3.63, 3.8) is 0 Å². The highest BCUT2D eigenvalue weighted by Crippen LogP contribution is 2.37. The molecule has 0 bridgehead atoms. The molecule has 2 rings (SSSR count). The number of alkyl halides is 3. The Bertz CT molecular complexity index is 672. The van der Waals surface area contributed by atoms with Gasteiger partial charge in [-0.15, -0.1) is 0 Å². The lowest BCUT2D eigenvalue weighted by Gasteiger charge is -2.35. The molecule has 4 nitrogen and oxygen atoms in total. The van der Waals surface area contributed by atoms with Crippen molar-refractivity contribution in [2.75, 3.05) is 36.8 Å². The fraction of sp³-hybridized carbons (Fsp3) is 0.600. The Hall–Kier alpha value is -0.990. The highest BCUT2D eigenvalue weighted by molar-refractivity contribution is 7.89. The Labute approximate surface area is 145 Å². The second kappa shape index (κ2) is 7.49. The molecule has 0 N–H and O–H groups in total. The van der Waals surface area contributed by atoms with Crippen LogP contribution in [0.4, 0.5) is 18.9 Å². The molecule has 1 aliphatic heterocycles. The van der Waals surface area contributed by atoms with Gasteiger partial charge in [0.15, 0.2) is 0 Å². The van der Waals surface area contributed by atoms with Gasteiger partial charge in [0.05, 0.1) is 16.3 Å². The number of rotatable bonds is 5. The number of unbranched alkanes of at least 4 members (excludes halogenated alkanes) is 1. The van der Waals surface area contributed by atoms with E-state index in [0.29, 0.717) is 25.2 Å². The number of hydrogen-bond donors (Lipinski definition) is 0. The maximum atomic E-state index is 12.9. The van der Waals surface area contributed by atoms with Gasteiger partial charge >= 0.3 is 6.18 Å². The molecule has 1 aromatic rings. The summed E-state index contributed by atoms with van der Waals surface area (Å²) in [5.74, 6) is 0.114. The van der Waals surface area contributed by atoms with Gasteiger partial charge in [0.2, 0.25) is 10.0 Å². The smallest absolute Gasteiger partial charge is 0.369 e. The number of anilines is 1. The molecule has 0 saturated carbocycles. The van der Waals surface area contributed by atoms with Crippen LogP contribution in [0.25, 0.3) is 0 Å². The average molecular weight is 385 g/mol. The highest BCUT2D eigenvalue weighted by Gasteiger charge is 2.34. The van der Waals surface area contributed by atoms with Crippen LogP contribution in [-0.4, -0.2) is 44.7 Å². The van der Waals surface area contributed by atoms with E-state index in [1.165, 1.54) is 16.4 Å². The van der Waals surface area contributed by atoms with Gasteiger partial charge in [0.25, 0.3) is 0 Å². The summed E-state index contributed by atoms with van der Waals surface area (Å²) in [7, 11) is -3.28. The van der Waals surface area contributed by atoms with Crippen LogP contribution in [0.15, 0.2) is 18.2 Å². The third kappa shape index (κ3) is 4.55. The van der Waals surface area contributed by atoms with Crippen LogP contribution < -0.4 is 4.90 Å². The maximum Gasteiger partial charge on any atom is 0.417 e. The van der Waals surface area contributed by atoms with E-state index in [9.17, 15) is 21.6 Å². The third-order valence-corrected chi connectivity index (χ3v) is 6.29. The first-order chi connectivity index (χ1) is 11.1. The topological polar surface area (TPSA) is 40.6 Å². The highest BCUT2D eigenvalue weighted by atomic mass is 35.5. The molecule has 0 unspecified atom stereocenters. The number of nitrogens with zero attached hydrogens (tertiary/aromatic N) is 2. The molecule has 1 heterocycles. The van der Waals surface area contributed by atoms with Gasteiger partial charge in [-0.2, -0.15) is 17.5 Å². The number of hydrogen-bond acceptors (Lipinski definition) is 3. The van der Waals surface area contributed by atoms with Crippen molar-refractivity contribution < 1.29 is 21.6 Å². The van der Waals surface area contributed by atoms with Crippen molar-refractivity contribution in [3.05, 3.63) is 28.8 Å². The Balaban J connectivity index is 2.08. The van der Waals surface area contributed by atoms with Crippen LogP contribution in [0.1, 0.15) is 25.3 Å². The van der Waals surface area contributed by atoms with Crippen LogP contribution in [-0.2, 0) is 16.2 Å². The molecular formula is C15H20ClF3N2O2S. The number of sulfonamides is 1. The number of piperazine rings is 1. The van der Waals surface area contributed by atoms with Crippen molar-refractivity contribution in [3.8, 4) is 0 Å². The normalized spacial score (nSPS) is 17.3. The van der Waals surface area contributed by atoms with Crippen molar-refractivity contribution >= 4 is 27.3 Å². The van der Waals surface area contributed by atoms with E-state index in [4.69, 9.17) is 11.6 Å². The molecule has 0 amide bonds. The largest absolute Gasteiger partial charge is 0.417 e. The first-order valence-electron chi connectivity index (χ1n) is 7.74. The molecule has 1 aliphatic rings. The predicted molar refractivity (Wildman–Crippen MR) is 88.9 cm³/mol. The zero-order valence-corrected chi connectivity index (χ0v) is 14.9. The van der Waals surface area contributed by atoms with Crippen LogP contribution in [0.2, 0.25) is 5.02 Å². The van der Waals surface area contributed by atoms with Crippen LogP contribution in [0, 0.1) is 0 Å². The molecule has 136 valence electrons. The van der Waals surface area contributed by atoms with Crippen LogP contribution >= 0.6 is 11.6 Å². The SMILES string of the molecule is CCCCS(=O)(=O)N1CCN(c2ccc(Cl)c(C(F)(F)F)c2)CC1. The van der Waals surface area contributed by atoms with Crippen LogP contribution in [0.5, 0.6) is 0 Å². The molecular weight excluding hydrogens is 365 g/mol. The summed E-state index contributed by atoms with van der Waals surface area (Å²) in [6.45, 7) is 3.17. The second-order valence-corrected chi connectivity index (χ2v) is 8.21. The summed E-state index contributed by atoms with van der Waals surface area (Å²) < 4.78 is 64.6. The fourth-order valence-corrected chi connectivity index (χ4v) is 4.46. The minimum atomic E-state index is -4.52. The summed E-state index contributed by atoms with van der Waals surface area (Å²) >= 11 is 5.63. The van der Waals surface area contributed by atoms with Gasteiger partial charge in [-0.05, 0) is 24.6 Å². The molecule has 1 aromatic carbocycles. The summed E-state index contributed by atoms with van der Waals surface area (Å²) in [5, 5.41) is -0.341. The minimum Gasteiger partial charge on any atom is -0.369 e. The van der Waals surface area contributed by atoms with Gasteiger partial charge in [-0.3, -0.25) is 0 Å².